The van der Waals surface area contributed by atoms with E-state index >= 15 is 0 Å². The summed E-state index contributed by atoms with van der Waals surface area (Å²) in [6.45, 7) is 8.36. The monoisotopic (exact) mass is 426 g/mol. The lowest BCUT2D eigenvalue weighted by molar-refractivity contribution is 0.624. The van der Waals surface area contributed by atoms with Crippen LogP contribution in [0.3, 0.4) is 0 Å². The lowest BCUT2D eigenvalue weighted by Crippen LogP contribution is -1.91. The molecule has 0 fully saturated rings. The van der Waals surface area contributed by atoms with Gasteiger partial charge in [-0.3, -0.25) is 4.99 Å². The molecule has 0 unspecified atom stereocenters. The predicted molar refractivity (Wildman–Crippen MR) is 133 cm³/mol. The SMILES string of the molecule is C/N=C/C(=C\C=C(/C)c1c(C)ccc2c1oc1nc(C(C)C)ccc12)c1ccccc1F. The van der Waals surface area contributed by atoms with Gasteiger partial charge in [-0.15, -0.1) is 0 Å². The first-order valence-corrected chi connectivity index (χ1v) is 10.8. The summed E-state index contributed by atoms with van der Waals surface area (Å²) in [5, 5.41) is 2.06. The van der Waals surface area contributed by atoms with Gasteiger partial charge in [-0.25, -0.2) is 9.37 Å². The Morgan fingerprint density at radius 1 is 1.03 bits per heavy atom. The number of rotatable bonds is 5. The third kappa shape index (κ3) is 4.01. The normalized spacial score (nSPS) is 13.2. The number of hydrogen-bond acceptors (Lipinski definition) is 3. The van der Waals surface area contributed by atoms with Crippen molar-refractivity contribution < 1.29 is 8.81 Å². The number of halogens is 1. The first-order valence-electron chi connectivity index (χ1n) is 10.8. The molecule has 3 nitrogen and oxygen atoms in total. The van der Waals surface area contributed by atoms with Gasteiger partial charge in [-0.1, -0.05) is 56.3 Å². The van der Waals surface area contributed by atoms with E-state index in [0.29, 0.717) is 22.8 Å². The standard InChI is InChI=1S/C28H27FN2O/c1-17(2)25-15-14-23-22-13-11-19(4)26(27(22)32-28(23)31-25)18(3)10-12-20(16-30-5)21-8-6-7-9-24(21)29/h6-17H,1-5H3/b18-10+,20-12+,30-16+. The first kappa shape index (κ1) is 21.7. The zero-order valence-corrected chi connectivity index (χ0v) is 19.1. The Labute approximate surface area is 188 Å². The average Bonchev–Trinajstić information content (AvgIpc) is 3.14. The molecule has 0 bridgehead atoms. The molecular weight excluding hydrogens is 399 g/mol. The van der Waals surface area contributed by atoms with Gasteiger partial charge >= 0.3 is 0 Å². The molecule has 162 valence electrons. The van der Waals surface area contributed by atoms with Gasteiger partial charge in [-0.2, -0.15) is 0 Å². The highest BCUT2D eigenvalue weighted by Gasteiger charge is 2.16. The lowest BCUT2D eigenvalue weighted by Gasteiger charge is -2.07. The van der Waals surface area contributed by atoms with Crippen LogP contribution in [0.15, 0.2) is 70.1 Å². The van der Waals surface area contributed by atoms with Crippen LogP contribution >= 0.6 is 0 Å². The van der Waals surface area contributed by atoms with Crippen LogP contribution in [0.25, 0.3) is 33.2 Å². The number of pyridine rings is 1. The number of furan rings is 1. The summed E-state index contributed by atoms with van der Waals surface area (Å²) in [5.41, 5.74) is 6.89. The molecule has 0 aliphatic heterocycles. The molecule has 0 atom stereocenters. The number of hydrogen-bond donors (Lipinski definition) is 0. The minimum atomic E-state index is -0.271. The van der Waals surface area contributed by atoms with E-state index in [0.717, 1.165) is 38.7 Å². The van der Waals surface area contributed by atoms with Gasteiger partial charge in [0.05, 0.1) is 0 Å². The van der Waals surface area contributed by atoms with Crippen molar-refractivity contribution in [2.24, 2.45) is 4.99 Å². The summed E-state index contributed by atoms with van der Waals surface area (Å²) in [4.78, 5) is 8.84. The average molecular weight is 427 g/mol. The van der Waals surface area contributed by atoms with Crippen LogP contribution in [-0.4, -0.2) is 18.2 Å². The zero-order valence-electron chi connectivity index (χ0n) is 19.1. The van der Waals surface area contributed by atoms with Gasteiger partial charge in [0.25, 0.3) is 0 Å². The molecule has 4 heteroatoms. The largest absolute Gasteiger partial charge is 0.437 e. The third-order valence-corrected chi connectivity index (χ3v) is 5.69. The van der Waals surface area contributed by atoms with Crippen molar-refractivity contribution in [2.45, 2.75) is 33.6 Å². The fourth-order valence-corrected chi connectivity index (χ4v) is 3.98. The fourth-order valence-electron chi connectivity index (χ4n) is 3.98. The van der Waals surface area contributed by atoms with Crippen LogP contribution in [0.4, 0.5) is 4.39 Å². The molecule has 32 heavy (non-hydrogen) atoms. The van der Waals surface area contributed by atoms with Crippen LogP contribution in [0, 0.1) is 12.7 Å². The van der Waals surface area contributed by atoms with E-state index in [1.807, 2.05) is 25.1 Å². The molecule has 0 spiro atoms. The maximum atomic E-state index is 14.3. The topological polar surface area (TPSA) is 38.4 Å². The van der Waals surface area contributed by atoms with Crippen LogP contribution in [0.1, 0.15) is 49.1 Å². The van der Waals surface area contributed by atoms with Crippen molar-refractivity contribution in [1.29, 1.82) is 0 Å². The summed E-state index contributed by atoms with van der Waals surface area (Å²) in [7, 11) is 1.68. The van der Waals surface area contributed by atoms with E-state index in [9.17, 15) is 4.39 Å². The Bertz CT molecular complexity index is 1390. The van der Waals surface area contributed by atoms with Gasteiger partial charge < -0.3 is 4.42 Å². The van der Waals surface area contributed by atoms with Gasteiger partial charge in [0, 0.05) is 46.4 Å². The molecule has 4 aromatic rings. The second-order valence-corrected chi connectivity index (χ2v) is 8.32. The predicted octanol–water partition coefficient (Wildman–Crippen LogP) is 7.74. The van der Waals surface area contributed by atoms with Crippen molar-refractivity contribution in [3.8, 4) is 0 Å². The minimum absolute atomic E-state index is 0.271. The number of allylic oxidation sites excluding steroid dienone is 4. The van der Waals surface area contributed by atoms with E-state index in [1.54, 1.807) is 25.4 Å². The number of nitrogens with zero attached hydrogens (tertiary/aromatic N) is 2. The van der Waals surface area contributed by atoms with Crippen molar-refractivity contribution in [1.82, 2.24) is 4.98 Å². The Kier molecular flexibility index (Phi) is 6.04. The van der Waals surface area contributed by atoms with Gasteiger partial charge in [0.15, 0.2) is 0 Å². The number of aliphatic imine (C=N–C) groups is 1. The summed E-state index contributed by atoms with van der Waals surface area (Å²) in [6, 6.07) is 15.1. The molecular formula is C28H27FN2O. The minimum Gasteiger partial charge on any atom is -0.437 e. The molecule has 2 heterocycles. The van der Waals surface area contributed by atoms with Crippen molar-refractivity contribution in [2.75, 3.05) is 7.05 Å². The van der Waals surface area contributed by atoms with Gasteiger partial charge in [0.1, 0.15) is 11.4 Å². The molecule has 2 aromatic heterocycles. The molecule has 2 aromatic carbocycles. The van der Waals surface area contributed by atoms with Crippen LogP contribution in [0.2, 0.25) is 0 Å². The molecule has 0 radical (unpaired) electrons. The zero-order chi connectivity index (χ0) is 22.8. The maximum Gasteiger partial charge on any atom is 0.227 e. The highest BCUT2D eigenvalue weighted by molar-refractivity contribution is 6.11. The number of benzene rings is 2. The second kappa shape index (κ2) is 8.91. The number of fused-ring (bicyclic) bond motifs is 3. The Morgan fingerprint density at radius 2 is 1.78 bits per heavy atom. The molecule has 4 rings (SSSR count). The van der Waals surface area contributed by atoms with Crippen molar-refractivity contribution in [3.05, 3.63) is 88.9 Å². The van der Waals surface area contributed by atoms with Crippen LogP contribution in [0.5, 0.6) is 0 Å². The van der Waals surface area contributed by atoms with Crippen molar-refractivity contribution in [3.63, 3.8) is 0 Å². The lowest BCUT2D eigenvalue weighted by atomic mass is 9.97. The number of aryl methyl sites for hydroxylation is 1. The first-order chi connectivity index (χ1) is 15.4. The molecule has 0 saturated carbocycles. The summed E-state index contributed by atoms with van der Waals surface area (Å²) in [6.07, 6.45) is 5.57. The second-order valence-electron chi connectivity index (χ2n) is 8.32. The fraction of sp³-hybridized carbons (Fsp3) is 0.214. The van der Waals surface area contributed by atoms with E-state index in [1.165, 1.54) is 6.07 Å². The van der Waals surface area contributed by atoms with E-state index in [2.05, 4.69) is 50.0 Å². The Morgan fingerprint density at radius 3 is 2.50 bits per heavy atom. The highest BCUT2D eigenvalue weighted by Crippen LogP contribution is 2.35. The quantitative estimate of drug-likeness (QED) is 0.242. The van der Waals surface area contributed by atoms with Crippen molar-refractivity contribution >= 4 is 39.4 Å². The van der Waals surface area contributed by atoms with E-state index in [-0.39, 0.29) is 5.82 Å². The van der Waals surface area contributed by atoms with E-state index in [4.69, 9.17) is 9.40 Å². The maximum absolute atomic E-state index is 14.3. The molecule has 0 aliphatic rings. The van der Waals surface area contributed by atoms with Crippen LogP contribution < -0.4 is 0 Å². The molecule has 0 saturated heterocycles. The Balaban J connectivity index is 1.86. The smallest absolute Gasteiger partial charge is 0.227 e. The summed E-state index contributed by atoms with van der Waals surface area (Å²) < 4.78 is 20.6. The third-order valence-electron chi connectivity index (χ3n) is 5.69. The number of aromatic nitrogens is 1. The summed E-state index contributed by atoms with van der Waals surface area (Å²) in [5.74, 6) is 0.0601. The van der Waals surface area contributed by atoms with E-state index < -0.39 is 0 Å². The molecule has 0 aliphatic carbocycles. The van der Waals surface area contributed by atoms with Gasteiger partial charge in [0.2, 0.25) is 5.71 Å². The molecule has 0 amide bonds. The van der Waals surface area contributed by atoms with Crippen LogP contribution in [-0.2, 0) is 0 Å². The molecule has 0 N–H and O–H groups in total. The van der Waals surface area contributed by atoms with Gasteiger partial charge in [-0.05, 0) is 49.1 Å². The highest BCUT2D eigenvalue weighted by atomic mass is 19.1. The Hall–Kier alpha value is -3.53. The summed E-state index contributed by atoms with van der Waals surface area (Å²) >= 11 is 0.